The first-order chi connectivity index (χ1) is 8.50. The zero-order valence-corrected chi connectivity index (χ0v) is 10.1. The van der Waals surface area contributed by atoms with Crippen molar-refractivity contribution in [3.05, 3.63) is 29.5 Å². The standard InChI is InChI=1S/C11H14BF3N3/c1-2-9-7-16-11(17-8-9)18-5-3-10(4-6-18)12(13,14)15/h3,7-8H,2,4-6H2,1H3/q-1. The van der Waals surface area contributed by atoms with Crippen LogP contribution in [0.1, 0.15) is 18.9 Å². The van der Waals surface area contributed by atoms with E-state index >= 15 is 0 Å². The first kappa shape index (κ1) is 12.9. The normalized spacial score (nSPS) is 16.7. The van der Waals surface area contributed by atoms with Crippen molar-refractivity contribution in [2.45, 2.75) is 19.8 Å². The summed E-state index contributed by atoms with van der Waals surface area (Å²) in [6, 6.07) is 0. The molecule has 1 aromatic heterocycles. The van der Waals surface area contributed by atoms with Gasteiger partial charge in [0.15, 0.2) is 0 Å². The molecule has 0 aliphatic carbocycles. The molecule has 0 spiro atoms. The Morgan fingerprint density at radius 2 is 1.94 bits per heavy atom. The van der Waals surface area contributed by atoms with Crippen molar-refractivity contribution in [2.24, 2.45) is 0 Å². The van der Waals surface area contributed by atoms with Gasteiger partial charge in [-0.15, -0.1) is 5.47 Å². The molecule has 0 radical (unpaired) electrons. The molecule has 7 heteroatoms. The van der Waals surface area contributed by atoms with Crippen LogP contribution in [-0.4, -0.2) is 30.0 Å². The highest BCUT2D eigenvalue weighted by atomic mass is 19.4. The third-order valence-electron chi connectivity index (χ3n) is 3.05. The van der Waals surface area contributed by atoms with Gasteiger partial charge in [-0.1, -0.05) is 13.0 Å². The summed E-state index contributed by atoms with van der Waals surface area (Å²) < 4.78 is 37.5. The fourth-order valence-corrected chi connectivity index (χ4v) is 1.86. The molecule has 0 unspecified atom stereocenters. The lowest BCUT2D eigenvalue weighted by molar-refractivity contribution is 0.482. The number of aromatic nitrogens is 2. The van der Waals surface area contributed by atoms with E-state index in [1.807, 2.05) is 6.92 Å². The van der Waals surface area contributed by atoms with Gasteiger partial charge in [-0.3, -0.25) is 0 Å². The fraction of sp³-hybridized carbons (Fsp3) is 0.455. The maximum absolute atomic E-state index is 12.5. The van der Waals surface area contributed by atoms with Gasteiger partial charge in [-0.2, -0.15) is 0 Å². The van der Waals surface area contributed by atoms with Crippen LogP contribution in [0.3, 0.4) is 0 Å². The highest BCUT2D eigenvalue weighted by Crippen LogP contribution is 2.26. The van der Waals surface area contributed by atoms with E-state index in [1.54, 1.807) is 17.3 Å². The zero-order valence-electron chi connectivity index (χ0n) is 10.1. The molecule has 98 valence electrons. The number of nitrogens with zero attached hydrogens (tertiary/aromatic N) is 3. The Kier molecular flexibility index (Phi) is 3.59. The molecule has 0 atom stereocenters. The monoisotopic (exact) mass is 256 g/mol. The summed E-state index contributed by atoms with van der Waals surface area (Å²) in [5.41, 5.74) is 0.627. The average Bonchev–Trinajstić information content (AvgIpc) is 2.38. The van der Waals surface area contributed by atoms with Gasteiger partial charge in [-0.05, 0) is 18.4 Å². The Hall–Kier alpha value is -1.53. The van der Waals surface area contributed by atoms with Gasteiger partial charge >= 0.3 is 6.98 Å². The van der Waals surface area contributed by atoms with Crippen molar-refractivity contribution in [3.8, 4) is 0 Å². The van der Waals surface area contributed by atoms with Crippen molar-refractivity contribution in [1.82, 2.24) is 9.97 Å². The number of hydrogen-bond donors (Lipinski definition) is 0. The van der Waals surface area contributed by atoms with E-state index in [1.165, 1.54) is 6.08 Å². The number of hydrogen-bond acceptors (Lipinski definition) is 3. The maximum Gasteiger partial charge on any atom is 0.505 e. The van der Waals surface area contributed by atoms with Crippen molar-refractivity contribution >= 4 is 12.9 Å². The molecule has 0 saturated heterocycles. The first-order valence-electron chi connectivity index (χ1n) is 5.95. The lowest BCUT2D eigenvalue weighted by Gasteiger charge is -2.30. The van der Waals surface area contributed by atoms with Crippen LogP contribution >= 0.6 is 0 Å². The third kappa shape index (κ3) is 2.83. The van der Waals surface area contributed by atoms with Gasteiger partial charge in [-0.25, -0.2) is 9.97 Å². The summed E-state index contributed by atoms with van der Waals surface area (Å²) in [5, 5.41) is 0. The van der Waals surface area contributed by atoms with Gasteiger partial charge in [0.05, 0.1) is 0 Å². The summed E-state index contributed by atoms with van der Waals surface area (Å²) in [6.45, 7) is -2.30. The summed E-state index contributed by atoms with van der Waals surface area (Å²) in [4.78, 5) is 10.1. The van der Waals surface area contributed by atoms with E-state index in [4.69, 9.17) is 0 Å². The van der Waals surface area contributed by atoms with Crippen molar-refractivity contribution in [3.63, 3.8) is 0 Å². The molecule has 0 bridgehead atoms. The molecule has 0 amide bonds. The molecule has 0 aromatic carbocycles. The second kappa shape index (κ2) is 5.00. The minimum atomic E-state index is -4.84. The number of anilines is 1. The van der Waals surface area contributed by atoms with Crippen molar-refractivity contribution in [2.75, 3.05) is 18.0 Å². The minimum absolute atomic E-state index is 0.0163. The van der Waals surface area contributed by atoms with E-state index in [9.17, 15) is 12.9 Å². The van der Waals surface area contributed by atoms with Crippen LogP contribution in [0.25, 0.3) is 0 Å². The SMILES string of the molecule is CCc1cnc(N2CC=C([B-](F)(F)F)CC2)nc1. The predicted octanol–water partition coefficient (Wildman–Crippen LogP) is 2.56. The molecule has 2 rings (SSSR count). The molecule has 18 heavy (non-hydrogen) atoms. The zero-order chi connectivity index (χ0) is 13.2. The average molecular weight is 256 g/mol. The Morgan fingerprint density at radius 1 is 1.28 bits per heavy atom. The van der Waals surface area contributed by atoms with Crippen LogP contribution < -0.4 is 4.90 Å². The molecule has 0 fully saturated rings. The van der Waals surface area contributed by atoms with E-state index < -0.39 is 12.4 Å². The van der Waals surface area contributed by atoms with Crippen LogP contribution in [0.2, 0.25) is 0 Å². The Balaban J connectivity index is 2.07. The lowest BCUT2D eigenvalue weighted by Crippen LogP contribution is -2.34. The van der Waals surface area contributed by atoms with Gasteiger partial charge in [0, 0.05) is 25.5 Å². The van der Waals surface area contributed by atoms with E-state index in [0.29, 0.717) is 12.5 Å². The quantitative estimate of drug-likeness (QED) is 0.778. The highest BCUT2D eigenvalue weighted by molar-refractivity contribution is 6.66. The van der Waals surface area contributed by atoms with Gasteiger partial charge in [0.2, 0.25) is 5.95 Å². The number of rotatable bonds is 3. The molecular weight excluding hydrogens is 242 g/mol. The van der Waals surface area contributed by atoms with Crippen molar-refractivity contribution in [1.29, 1.82) is 0 Å². The molecule has 1 aliphatic heterocycles. The fourth-order valence-electron chi connectivity index (χ4n) is 1.86. The van der Waals surface area contributed by atoms with E-state index in [0.717, 1.165) is 12.0 Å². The van der Waals surface area contributed by atoms with Crippen LogP contribution in [0.5, 0.6) is 0 Å². The van der Waals surface area contributed by atoms with Crippen LogP contribution in [0.15, 0.2) is 23.9 Å². The van der Waals surface area contributed by atoms with Gasteiger partial charge in [0.25, 0.3) is 0 Å². The van der Waals surface area contributed by atoms with Gasteiger partial charge < -0.3 is 17.8 Å². The van der Waals surface area contributed by atoms with E-state index in [2.05, 4.69) is 9.97 Å². The van der Waals surface area contributed by atoms with Crippen LogP contribution in [0.4, 0.5) is 18.9 Å². The molecule has 2 heterocycles. The second-order valence-electron chi connectivity index (χ2n) is 4.29. The topological polar surface area (TPSA) is 29.0 Å². The summed E-state index contributed by atoms with van der Waals surface area (Å²) in [6.07, 6.45) is 5.54. The number of aryl methyl sites for hydroxylation is 1. The molecule has 0 saturated carbocycles. The van der Waals surface area contributed by atoms with Crippen molar-refractivity contribution < 1.29 is 12.9 Å². The molecule has 3 nitrogen and oxygen atoms in total. The Labute approximate surface area is 104 Å². The highest BCUT2D eigenvalue weighted by Gasteiger charge is 2.30. The molecule has 1 aromatic rings. The number of halogens is 3. The minimum Gasteiger partial charge on any atom is -0.445 e. The predicted molar refractivity (Wildman–Crippen MR) is 65.4 cm³/mol. The molecular formula is C11H14BF3N3-. The molecule has 1 aliphatic rings. The smallest absolute Gasteiger partial charge is 0.445 e. The van der Waals surface area contributed by atoms with Crippen LogP contribution in [0, 0.1) is 0 Å². The summed E-state index contributed by atoms with van der Waals surface area (Å²) in [7, 11) is 0. The summed E-state index contributed by atoms with van der Waals surface area (Å²) >= 11 is 0. The largest absolute Gasteiger partial charge is 0.505 e. The first-order valence-corrected chi connectivity index (χ1v) is 5.95. The van der Waals surface area contributed by atoms with Gasteiger partial charge in [0.1, 0.15) is 0 Å². The molecule has 0 N–H and O–H groups in total. The second-order valence-corrected chi connectivity index (χ2v) is 4.29. The Morgan fingerprint density at radius 3 is 2.39 bits per heavy atom. The lowest BCUT2D eigenvalue weighted by atomic mass is 9.76. The summed E-state index contributed by atoms with van der Waals surface area (Å²) in [5.74, 6) is 0.497. The Bertz CT molecular complexity index is 442. The van der Waals surface area contributed by atoms with Crippen LogP contribution in [-0.2, 0) is 6.42 Å². The maximum atomic E-state index is 12.5. The van der Waals surface area contributed by atoms with E-state index in [-0.39, 0.29) is 13.0 Å². The third-order valence-corrected chi connectivity index (χ3v) is 3.05.